The summed E-state index contributed by atoms with van der Waals surface area (Å²) in [5.41, 5.74) is 4.04. The Labute approximate surface area is 191 Å². The van der Waals surface area contributed by atoms with Gasteiger partial charge in [0, 0.05) is 50.7 Å². The van der Waals surface area contributed by atoms with Crippen LogP contribution in [0.3, 0.4) is 0 Å². The molecule has 5 heterocycles. The normalized spacial score (nSPS) is 16.7. The molecule has 2 amide bonds. The fourth-order valence-corrected chi connectivity index (χ4v) is 4.57. The predicted octanol–water partition coefficient (Wildman–Crippen LogP) is 3.12. The average Bonchev–Trinajstić information content (AvgIpc) is 3.43. The van der Waals surface area contributed by atoms with Crippen LogP contribution < -0.4 is 5.32 Å². The van der Waals surface area contributed by atoms with Gasteiger partial charge in [0.05, 0.1) is 6.26 Å². The highest BCUT2D eigenvalue weighted by Gasteiger charge is 2.33. The van der Waals surface area contributed by atoms with Crippen molar-refractivity contribution in [3.63, 3.8) is 0 Å². The van der Waals surface area contributed by atoms with Crippen LogP contribution >= 0.6 is 0 Å². The van der Waals surface area contributed by atoms with Gasteiger partial charge in [0.2, 0.25) is 0 Å². The van der Waals surface area contributed by atoms with Crippen LogP contribution in [0.1, 0.15) is 35.6 Å². The predicted molar refractivity (Wildman–Crippen MR) is 122 cm³/mol. The van der Waals surface area contributed by atoms with E-state index in [1.165, 1.54) is 11.8 Å². The van der Waals surface area contributed by atoms with E-state index in [0.29, 0.717) is 36.3 Å². The molecule has 0 aromatic carbocycles. The molecule has 5 rings (SSSR count). The summed E-state index contributed by atoms with van der Waals surface area (Å²) < 4.78 is 5.35. The minimum Gasteiger partial charge on any atom is -0.481 e. The number of nitrogens with one attached hydrogen (secondary N) is 1. The third-order valence-corrected chi connectivity index (χ3v) is 6.42. The van der Waals surface area contributed by atoms with E-state index in [9.17, 15) is 14.7 Å². The number of urea groups is 1. The second kappa shape index (κ2) is 9.09. The third-order valence-electron chi connectivity index (χ3n) is 6.42. The van der Waals surface area contributed by atoms with Crippen LogP contribution in [0.2, 0.25) is 0 Å². The molecule has 1 unspecified atom stereocenters. The van der Waals surface area contributed by atoms with Crippen LogP contribution in [0, 0.1) is 0 Å². The van der Waals surface area contributed by atoms with Crippen LogP contribution in [0.4, 0.5) is 10.6 Å². The number of hydrogen-bond donors (Lipinski definition) is 2. The van der Waals surface area contributed by atoms with Gasteiger partial charge in [-0.2, -0.15) is 0 Å². The maximum absolute atomic E-state index is 12.9. The van der Waals surface area contributed by atoms with Crippen LogP contribution in [0.25, 0.3) is 11.1 Å². The zero-order chi connectivity index (χ0) is 22.8. The first kappa shape index (κ1) is 21.2. The van der Waals surface area contributed by atoms with Gasteiger partial charge in [-0.1, -0.05) is 6.07 Å². The van der Waals surface area contributed by atoms with Gasteiger partial charge in [0.15, 0.2) is 5.58 Å². The molecule has 0 radical (unpaired) electrons. The molecule has 2 aliphatic rings. The summed E-state index contributed by atoms with van der Waals surface area (Å²) in [6, 6.07) is 7.53. The highest BCUT2D eigenvalue weighted by atomic mass is 16.4. The molecule has 2 N–H and O–H groups in total. The van der Waals surface area contributed by atoms with Gasteiger partial charge in [-0.05, 0) is 48.9 Å². The monoisotopic (exact) mass is 449 g/mol. The molecule has 0 bridgehead atoms. The van der Waals surface area contributed by atoms with E-state index in [2.05, 4.69) is 22.4 Å². The fraction of sp³-hybridized carbons (Fsp3) is 0.417. The number of hydrogen-bond acceptors (Lipinski definition) is 6. The number of carboxylic acids is 1. The summed E-state index contributed by atoms with van der Waals surface area (Å²) in [5, 5.41) is 13.1. The summed E-state index contributed by atoms with van der Waals surface area (Å²) in [4.78, 5) is 37.3. The Bertz CT molecular complexity index is 1180. The van der Waals surface area contributed by atoms with Crippen LogP contribution in [-0.2, 0) is 17.6 Å². The highest BCUT2D eigenvalue weighted by Crippen LogP contribution is 2.24. The quantitative estimate of drug-likeness (QED) is 0.543. The van der Waals surface area contributed by atoms with Crippen molar-refractivity contribution < 1.29 is 19.1 Å². The maximum Gasteiger partial charge on any atom is 0.320 e. The molecule has 0 aliphatic carbocycles. The SMILES string of the molecule is O=C(O)C(CN1CCN(CCCc2ccc3c(n2)NCCC3)C1=O)c1cnc2ccoc2c1. The zero-order valence-electron chi connectivity index (χ0n) is 18.4. The van der Waals surface area contributed by atoms with Crippen LogP contribution in [-0.4, -0.2) is 69.6 Å². The second-order valence-electron chi connectivity index (χ2n) is 8.62. The Balaban J connectivity index is 1.17. The largest absolute Gasteiger partial charge is 0.481 e. The van der Waals surface area contributed by atoms with Crippen molar-refractivity contribution in [1.82, 2.24) is 19.8 Å². The van der Waals surface area contributed by atoms with Gasteiger partial charge in [0.1, 0.15) is 17.3 Å². The standard InChI is InChI=1S/C24H27N5O4/c30-23(31)19(17-13-21-20(26-14-17)7-12-33-21)15-29-11-10-28(24(29)32)9-2-4-18-6-5-16-3-1-8-25-22(16)27-18/h5-7,12-14,19H,1-4,8-11,15H2,(H,25,27)(H,30,31). The third kappa shape index (κ3) is 4.48. The van der Waals surface area contributed by atoms with E-state index < -0.39 is 11.9 Å². The van der Waals surface area contributed by atoms with Gasteiger partial charge >= 0.3 is 12.0 Å². The minimum atomic E-state index is -0.985. The number of furan rings is 1. The number of amides is 2. The van der Waals surface area contributed by atoms with Gasteiger partial charge in [-0.25, -0.2) is 9.78 Å². The first-order valence-electron chi connectivity index (χ1n) is 11.4. The van der Waals surface area contributed by atoms with Crippen molar-refractivity contribution in [2.45, 2.75) is 31.6 Å². The molecule has 33 heavy (non-hydrogen) atoms. The van der Waals surface area contributed by atoms with Crippen molar-refractivity contribution in [3.05, 3.63) is 53.5 Å². The number of fused-ring (bicyclic) bond motifs is 2. The number of aliphatic carboxylic acids is 1. The molecule has 3 aromatic rings. The number of aryl methyl sites for hydroxylation is 2. The Hall–Kier alpha value is -3.62. The molecule has 3 aromatic heterocycles. The minimum absolute atomic E-state index is 0.108. The molecular formula is C24H27N5O4. The fourth-order valence-electron chi connectivity index (χ4n) is 4.57. The van der Waals surface area contributed by atoms with Crippen molar-refractivity contribution in [3.8, 4) is 0 Å². The summed E-state index contributed by atoms with van der Waals surface area (Å²) in [6.45, 7) is 2.81. The van der Waals surface area contributed by atoms with E-state index in [1.807, 2.05) is 0 Å². The topological polar surface area (TPSA) is 112 Å². The first-order chi connectivity index (χ1) is 16.1. The van der Waals surface area contributed by atoms with Crippen molar-refractivity contribution >= 4 is 28.9 Å². The lowest BCUT2D eigenvalue weighted by molar-refractivity contribution is -0.139. The summed E-state index contributed by atoms with van der Waals surface area (Å²) in [5.74, 6) is -0.853. The number of rotatable bonds is 8. The van der Waals surface area contributed by atoms with Crippen molar-refractivity contribution in [2.75, 3.05) is 38.0 Å². The zero-order valence-corrected chi connectivity index (χ0v) is 18.4. The Morgan fingerprint density at radius 3 is 3.00 bits per heavy atom. The molecular weight excluding hydrogens is 422 g/mol. The number of anilines is 1. The van der Waals surface area contributed by atoms with E-state index >= 15 is 0 Å². The lowest BCUT2D eigenvalue weighted by Gasteiger charge is -2.22. The van der Waals surface area contributed by atoms with Crippen molar-refractivity contribution in [1.29, 1.82) is 0 Å². The molecule has 9 heteroatoms. The van der Waals surface area contributed by atoms with Gasteiger partial charge in [-0.3, -0.25) is 9.78 Å². The average molecular weight is 450 g/mol. The number of nitrogens with zero attached hydrogens (tertiary/aromatic N) is 4. The molecule has 2 aliphatic heterocycles. The molecule has 0 saturated carbocycles. The van der Waals surface area contributed by atoms with E-state index in [1.54, 1.807) is 28.1 Å². The number of aromatic nitrogens is 2. The number of carbonyl (C=O) groups excluding carboxylic acids is 1. The Morgan fingerprint density at radius 1 is 1.24 bits per heavy atom. The Morgan fingerprint density at radius 2 is 2.12 bits per heavy atom. The lowest BCUT2D eigenvalue weighted by atomic mass is 10.0. The molecule has 9 nitrogen and oxygen atoms in total. The highest BCUT2D eigenvalue weighted by molar-refractivity contribution is 5.81. The number of carbonyl (C=O) groups is 2. The second-order valence-corrected chi connectivity index (χ2v) is 8.62. The lowest BCUT2D eigenvalue weighted by Crippen LogP contribution is -2.36. The smallest absolute Gasteiger partial charge is 0.320 e. The van der Waals surface area contributed by atoms with Gasteiger partial charge in [-0.15, -0.1) is 0 Å². The molecule has 1 saturated heterocycles. The first-order valence-corrected chi connectivity index (χ1v) is 11.4. The summed E-state index contributed by atoms with van der Waals surface area (Å²) >= 11 is 0. The van der Waals surface area contributed by atoms with Crippen LogP contribution in [0.15, 0.2) is 41.1 Å². The van der Waals surface area contributed by atoms with Crippen molar-refractivity contribution in [2.24, 2.45) is 0 Å². The molecule has 172 valence electrons. The Kier molecular flexibility index (Phi) is 5.85. The van der Waals surface area contributed by atoms with Crippen LogP contribution in [0.5, 0.6) is 0 Å². The summed E-state index contributed by atoms with van der Waals surface area (Å²) in [7, 11) is 0. The molecule has 1 fully saturated rings. The molecule has 0 spiro atoms. The van der Waals surface area contributed by atoms with E-state index in [4.69, 9.17) is 9.40 Å². The summed E-state index contributed by atoms with van der Waals surface area (Å²) in [6.07, 6.45) is 6.89. The molecule has 1 atom stereocenters. The van der Waals surface area contributed by atoms with Gasteiger partial charge < -0.3 is 24.6 Å². The maximum atomic E-state index is 12.9. The van der Waals surface area contributed by atoms with E-state index in [0.717, 1.165) is 43.7 Å². The number of carboxylic acid groups (broad SMARTS) is 1. The van der Waals surface area contributed by atoms with E-state index in [-0.39, 0.29) is 12.6 Å². The number of pyridine rings is 2. The van der Waals surface area contributed by atoms with Gasteiger partial charge in [0.25, 0.3) is 0 Å².